The van der Waals surface area contributed by atoms with Crippen LogP contribution >= 0.6 is 11.6 Å². The van der Waals surface area contributed by atoms with Gasteiger partial charge in [0.15, 0.2) is 5.17 Å². The van der Waals surface area contributed by atoms with Crippen LogP contribution in [-0.4, -0.2) is 12.3 Å². The summed E-state index contributed by atoms with van der Waals surface area (Å²) in [5.74, 6) is 5.78. The van der Waals surface area contributed by atoms with E-state index in [1.807, 2.05) is 0 Å². The molecule has 2 N–H and O–H groups in total. The van der Waals surface area contributed by atoms with E-state index in [2.05, 4.69) is 5.10 Å². The number of benzene rings is 1. The van der Waals surface area contributed by atoms with E-state index in [0.717, 1.165) is 11.3 Å². The standard InChI is InChI=1S/C8H9ClN2O/c1-12-7-4-2-6(3-5-7)8(9)11-10/h2-5H,10H2,1H3. The molecule has 1 aromatic carbocycles. The van der Waals surface area contributed by atoms with Crippen molar-refractivity contribution in [1.29, 1.82) is 0 Å². The van der Waals surface area contributed by atoms with E-state index in [9.17, 15) is 0 Å². The summed E-state index contributed by atoms with van der Waals surface area (Å²) < 4.78 is 4.97. The van der Waals surface area contributed by atoms with Gasteiger partial charge in [0, 0.05) is 5.56 Å². The van der Waals surface area contributed by atoms with Gasteiger partial charge in [0.1, 0.15) is 5.75 Å². The van der Waals surface area contributed by atoms with Crippen molar-refractivity contribution >= 4 is 16.8 Å². The van der Waals surface area contributed by atoms with Crippen molar-refractivity contribution in [2.75, 3.05) is 7.11 Å². The SMILES string of the molecule is COc1ccc(C(Cl)=NN)cc1. The first kappa shape index (κ1) is 8.87. The number of rotatable bonds is 2. The van der Waals surface area contributed by atoms with Crippen LogP contribution in [-0.2, 0) is 0 Å². The zero-order chi connectivity index (χ0) is 8.97. The van der Waals surface area contributed by atoms with Crippen LogP contribution in [0.1, 0.15) is 5.56 Å². The van der Waals surface area contributed by atoms with Gasteiger partial charge in [0.2, 0.25) is 0 Å². The van der Waals surface area contributed by atoms with Crippen LogP contribution < -0.4 is 10.6 Å². The minimum absolute atomic E-state index is 0.289. The Bertz CT molecular complexity index is 282. The first-order valence-corrected chi connectivity index (χ1v) is 3.73. The van der Waals surface area contributed by atoms with Crippen LogP contribution in [0.4, 0.5) is 0 Å². The van der Waals surface area contributed by atoms with Gasteiger partial charge < -0.3 is 10.6 Å². The van der Waals surface area contributed by atoms with Crippen LogP contribution in [0, 0.1) is 0 Å². The summed E-state index contributed by atoms with van der Waals surface area (Å²) in [6, 6.07) is 7.17. The van der Waals surface area contributed by atoms with Gasteiger partial charge in [-0.1, -0.05) is 11.6 Å². The number of nitrogens with zero attached hydrogens (tertiary/aromatic N) is 1. The maximum absolute atomic E-state index is 5.67. The molecule has 0 bridgehead atoms. The lowest BCUT2D eigenvalue weighted by atomic mass is 10.2. The third kappa shape index (κ3) is 1.89. The van der Waals surface area contributed by atoms with Gasteiger partial charge in [-0.05, 0) is 24.3 Å². The molecule has 0 fully saturated rings. The van der Waals surface area contributed by atoms with Gasteiger partial charge in [0.05, 0.1) is 7.11 Å². The quantitative estimate of drug-likeness (QED) is 0.431. The number of methoxy groups -OCH3 is 1. The molecule has 0 aliphatic rings. The molecule has 0 saturated heterocycles. The second-order valence-corrected chi connectivity index (χ2v) is 2.51. The highest BCUT2D eigenvalue weighted by Crippen LogP contribution is 2.12. The largest absolute Gasteiger partial charge is 0.497 e. The van der Waals surface area contributed by atoms with Crippen molar-refractivity contribution in [3.05, 3.63) is 29.8 Å². The summed E-state index contributed by atoms with van der Waals surface area (Å²) in [6.07, 6.45) is 0. The maximum Gasteiger partial charge on any atom is 0.155 e. The zero-order valence-corrected chi connectivity index (χ0v) is 7.38. The molecule has 1 aromatic rings. The summed E-state index contributed by atoms with van der Waals surface area (Å²) in [6.45, 7) is 0. The molecule has 0 spiro atoms. The molecule has 3 nitrogen and oxygen atoms in total. The number of halogens is 1. The first-order chi connectivity index (χ1) is 5.77. The van der Waals surface area contributed by atoms with E-state index in [1.165, 1.54) is 0 Å². The Morgan fingerprint density at radius 3 is 2.42 bits per heavy atom. The molecule has 12 heavy (non-hydrogen) atoms. The van der Waals surface area contributed by atoms with E-state index in [-0.39, 0.29) is 5.17 Å². The van der Waals surface area contributed by atoms with Crippen LogP contribution in [0.5, 0.6) is 5.75 Å². The molecule has 0 aliphatic heterocycles. The molecule has 0 amide bonds. The predicted molar refractivity (Wildman–Crippen MR) is 49.6 cm³/mol. The molecule has 0 saturated carbocycles. The van der Waals surface area contributed by atoms with Crippen LogP contribution in [0.2, 0.25) is 0 Å². The smallest absolute Gasteiger partial charge is 0.155 e. The molecule has 0 heterocycles. The second-order valence-electron chi connectivity index (χ2n) is 2.15. The van der Waals surface area contributed by atoms with Crippen molar-refractivity contribution < 1.29 is 4.74 Å². The highest BCUT2D eigenvalue weighted by Gasteiger charge is 1.98. The highest BCUT2D eigenvalue weighted by atomic mass is 35.5. The molecule has 0 aliphatic carbocycles. The second kappa shape index (κ2) is 3.97. The summed E-state index contributed by atoms with van der Waals surface area (Å²) in [5, 5.41) is 3.64. The highest BCUT2D eigenvalue weighted by molar-refractivity contribution is 6.69. The normalized spacial score (nSPS) is 11.3. The molecule has 0 atom stereocenters. The molecule has 64 valence electrons. The first-order valence-electron chi connectivity index (χ1n) is 3.35. The van der Waals surface area contributed by atoms with Gasteiger partial charge in [-0.3, -0.25) is 0 Å². The summed E-state index contributed by atoms with van der Waals surface area (Å²) in [4.78, 5) is 0. The summed E-state index contributed by atoms with van der Waals surface area (Å²) >= 11 is 5.67. The van der Waals surface area contributed by atoms with E-state index < -0.39 is 0 Å². The number of hydrazone groups is 1. The third-order valence-electron chi connectivity index (χ3n) is 1.44. The fraction of sp³-hybridized carbons (Fsp3) is 0.125. The lowest BCUT2D eigenvalue weighted by Gasteiger charge is -2.00. The van der Waals surface area contributed by atoms with Crippen LogP contribution in [0.3, 0.4) is 0 Å². The van der Waals surface area contributed by atoms with E-state index in [1.54, 1.807) is 31.4 Å². The Labute approximate surface area is 75.8 Å². The average molecular weight is 185 g/mol. The topological polar surface area (TPSA) is 47.6 Å². The van der Waals surface area contributed by atoms with Gasteiger partial charge in [-0.15, -0.1) is 0 Å². The fourth-order valence-corrected chi connectivity index (χ4v) is 0.929. The minimum Gasteiger partial charge on any atom is -0.497 e. The average Bonchev–Trinajstić information content (AvgIpc) is 2.17. The number of nitrogens with two attached hydrogens (primary N) is 1. The Morgan fingerprint density at radius 1 is 1.42 bits per heavy atom. The monoisotopic (exact) mass is 184 g/mol. The Balaban J connectivity index is 2.92. The zero-order valence-electron chi connectivity index (χ0n) is 6.62. The molecule has 0 unspecified atom stereocenters. The third-order valence-corrected chi connectivity index (χ3v) is 1.76. The molecule has 0 radical (unpaired) electrons. The van der Waals surface area contributed by atoms with Crippen LogP contribution in [0.15, 0.2) is 29.4 Å². The van der Waals surface area contributed by atoms with Gasteiger partial charge >= 0.3 is 0 Å². The number of hydrogen-bond acceptors (Lipinski definition) is 3. The van der Waals surface area contributed by atoms with Crippen LogP contribution in [0.25, 0.3) is 0 Å². The van der Waals surface area contributed by atoms with Crippen molar-refractivity contribution in [3.63, 3.8) is 0 Å². The Kier molecular flexibility index (Phi) is 2.94. The Hall–Kier alpha value is -1.22. The molecule has 0 aromatic heterocycles. The summed E-state index contributed by atoms with van der Waals surface area (Å²) in [5.41, 5.74) is 0.778. The lowest BCUT2D eigenvalue weighted by molar-refractivity contribution is 0.415. The molecule has 1 rings (SSSR count). The predicted octanol–water partition coefficient (Wildman–Crippen LogP) is 1.55. The lowest BCUT2D eigenvalue weighted by Crippen LogP contribution is -1.95. The minimum atomic E-state index is 0.289. The van der Waals surface area contributed by atoms with Crippen molar-refractivity contribution in [2.24, 2.45) is 10.9 Å². The fourth-order valence-electron chi connectivity index (χ4n) is 0.803. The number of hydrogen-bond donors (Lipinski definition) is 1. The van der Waals surface area contributed by atoms with Crippen molar-refractivity contribution in [2.45, 2.75) is 0 Å². The maximum atomic E-state index is 5.67. The van der Waals surface area contributed by atoms with Crippen molar-refractivity contribution in [3.8, 4) is 5.75 Å². The van der Waals surface area contributed by atoms with E-state index in [0.29, 0.717) is 0 Å². The molecular formula is C8H9ClN2O. The number of ether oxygens (including phenoxy) is 1. The van der Waals surface area contributed by atoms with E-state index in [4.69, 9.17) is 22.2 Å². The summed E-state index contributed by atoms with van der Waals surface area (Å²) in [7, 11) is 1.60. The van der Waals surface area contributed by atoms with Gasteiger partial charge in [-0.25, -0.2) is 0 Å². The van der Waals surface area contributed by atoms with E-state index >= 15 is 0 Å². The van der Waals surface area contributed by atoms with Crippen molar-refractivity contribution in [1.82, 2.24) is 0 Å². The van der Waals surface area contributed by atoms with Gasteiger partial charge in [-0.2, -0.15) is 5.10 Å². The Morgan fingerprint density at radius 2 is 2.00 bits per heavy atom. The molecular weight excluding hydrogens is 176 g/mol. The van der Waals surface area contributed by atoms with Gasteiger partial charge in [0.25, 0.3) is 0 Å². The molecule has 4 heteroatoms.